The van der Waals surface area contributed by atoms with Crippen molar-refractivity contribution in [3.8, 4) is 0 Å². The van der Waals surface area contributed by atoms with Gasteiger partial charge in [0.1, 0.15) is 0 Å². The van der Waals surface area contributed by atoms with Crippen LogP contribution in [0, 0.1) is 0 Å². The van der Waals surface area contributed by atoms with E-state index < -0.39 is 0 Å². The van der Waals surface area contributed by atoms with Crippen LogP contribution in [-0.4, -0.2) is 48.9 Å². The smallest absolute Gasteiger partial charge is 0.222 e. The number of carbonyl (C=O) groups excluding carboxylic acids is 1. The Kier molecular flexibility index (Phi) is 25.6. The van der Waals surface area contributed by atoms with Crippen molar-refractivity contribution < 1.29 is 4.79 Å². The maximum atomic E-state index is 13.4. The molecule has 0 aliphatic rings. The first kappa shape index (κ1) is 34.2. The molecule has 0 spiro atoms. The SMILES string of the molecule is C=CCCCCC(CCCCCCCCC)N(CCCCCCCCCC)C(=O)CCCN(C)C. The second kappa shape index (κ2) is 26.2. The van der Waals surface area contributed by atoms with Gasteiger partial charge in [0.15, 0.2) is 0 Å². The highest BCUT2D eigenvalue weighted by molar-refractivity contribution is 5.76. The normalized spacial score (nSPS) is 12.3. The summed E-state index contributed by atoms with van der Waals surface area (Å²) in [6.45, 7) is 10.4. The fraction of sp³-hybridized carbons (Fsp3) is 0.906. The summed E-state index contributed by atoms with van der Waals surface area (Å²) in [6, 6.07) is 0.437. The maximum Gasteiger partial charge on any atom is 0.222 e. The van der Waals surface area contributed by atoms with Gasteiger partial charge < -0.3 is 9.80 Å². The molecule has 0 aromatic rings. The molecule has 0 heterocycles. The van der Waals surface area contributed by atoms with Gasteiger partial charge in [-0.25, -0.2) is 0 Å². The molecule has 0 fully saturated rings. The Morgan fingerprint density at radius 2 is 1.14 bits per heavy atom. The fourth-order valence-electron chi connectivity index (χ4n) is 5.08. The molecule has 1 unspecified atom stereocenters. The second-order valence-corrected chi connectivity index (χ2v) is 11.1. The number of hydrogen-bond donors (Lipinski definition) is 0. The molecule has 3 nitrogen and oxygen atoms in total. The number of carbonyl (C=O) groups is 1. The lowest BCUT2D eigenvalue weighted by molar-refractivity contribution is -0.134. The summed E-state index contributed by atoms with van der Waals surface area (Å²) >= 11 is 0. The van der Waals surface area contributed by atoms with Crippen LogP contribution in [0.3, 0.4) is 0 Å². The molecule has 0 N–H and O–H groups in total. The Bertz CT molecular complexity index is 462. The lowest BCUT2D eigenvalue weighted by atomic mass is 9.98. The quantitative estimate of drug-likeness (QED) is 0.0841. The Hall–Kier alpha value is -0.830. The summed E-state index contributed by atoms with van der Waals surface area (Å²) < 4.78 is 0. The molecule has 0 saturated heterocycles. The molecular formula is C32H64N2O. The number of unbranched alkanes of at least 4 members (excludes halogenated alkanes) is 15. The predicted octanol–water partition coefficient (Wildman–Crippen LogP) is 9.55. The largest absolute Gasteiger partial charge is 0.340 e. The minimum absolute atomic E-state index is 0.409. The van der Waals surface area contributed by atoms with Crippen LogP contribution in [0.25, 0.3) is 0 Å². The number of allylic oxidation sites excluding steroid dienone is 1. The van der Waals surface area contributed by atoms with Crippen molar-refractivity contribution in [1.29, 1.82) is 0 Å². The van der Waals surface area contributed by atoms with E-state index >= 15 is 0 Å². The lowest BCUT2D eigenvalue weighted by Crippen LogP contribution is -2.41. The standard InChI is InChI=1S/C32H64N2O/c1-6-9-12-15-17-19-21-24-30-34(32(35)28-25-29-33(4)5)31(26-22-14-11-8-3)27-23-20-18-16-13-10-7-2/h8,31H,3,6-7,9-30H2,1-2,4-5H3. The first-order chi connectivity index (χ1) is 17.1. The van der Waals surface area contributed by atoms with Gasteiger partial charge in [-0.3, -0.25) is 4.79 Å². The van der Waals surface area contributed by atoms with Crippen molar-refractivity contribution >= 4 is 5.91 Å². The van der Waals surface area contributed by atoms with Crippen LogP contribution >= 0.6 is 0 Å². The van der Waals surface area contributed by atoms with Crippen molar-refractivity contribution in [2.45, 2.75) is 161 Å². The average molecular weight is 493 g/mol. The van der Waals surface area contributed by atoms with Crippen LogP contribution in [-0.2, 0) is 4.79 Å². The second-order valence-electron chi connectivity index (χ2n) is 11.1. The van der Waals surface area contributed by atoms with Crippen molar-refractivity contribution in [2.75, 3.05) is 27.2 Å². The summed E-state index contributed by atoms with van der Waals surface area (Å²) in [5.74, 6) is 0.409. The molecule has 1 amide bonds. The third kappa shape index (κ3) is 22.1. The number of nitrogens with zero attached hydrogens (tertiary/aromatic N) is 2. The molecule has 1 atom stereocenters. The van der Waals surface area contributed by atoms with Gasteiger partial charge in [0.25, 0.3) is 0 Å². The molecule has 0 aliphatic heterocycles. The van der Waals surface area contributed by atoms with Crippen LogP contribution in [0.4, 0.5) is 0 Å². The summed E-state index contributed by atoms with van der Waals surface area (Å²) in [7, 11) is 4.21. The Labute approximate surface area is 221 Å². The minimum atomic E-state index is 0.409. The summed E-state index contributed by atoms with van der Waals surface area (Å²) in [4.78, 5) is 17.9. The van der Waals surface area contributed by atoms with E-state index in [-0.39, 0.29) is 0 Å². The Morgan fingerprint density at radius 3 is 1.66 bits per heavy atom. The highest BCUT2D eigenvalue weighted by Crippen LogP contribution is 2.21. The number of rotatable bonds is 27. The van der Waals surface area contributed by atoms with Crippen LogP contribution < -0.4 is 0 Å². The van der Waals surface area contributed by atoms with E-state index in [0.29, 0.717) is 18.4 Å². The Morgan fingerprint density at radius 1 is 0.657 bits per heavy atom. The van der Waals surface area contributed by atoms with Gasteiger partial charge in [-0.2, -0.15) is 0 Å². The van der Waals surface area contributed by atoms with E-state index in [1.54, 1.807) is 0 Å². The molecule has 0 rings (SSSR count). The van der Waals surface area contributed by atoms with E-state index in [1.165, 1.54) is 122 Å². The van der Waals surface area contributed by atoms with Gasteiger partial charge in [0, 0.05) is 19.0 Å². The van der Waals surface area contributed by atoms with Crippen molar-refractivity contribution in [1.82, 2.24) is 9.80 Å². The zero-order chi connectivity index (χ0) is 26.0. The van der Waals surface area contributed by atoms with E-state index in [0.717, 1.165) is 25.9 Å². The zero-order valence-electron chi connectivity index (χ0n) is 24.6. The zero-order valence-corrected chi connectivity index (χ0v) is 24.6. The molecule has 0 radical (unpaired) electrons. The topological polar surface area (TPSA) is 23.6 Å². The summed E-state index contributed by atoms with van der Waals surface area (Å²) in [5.41, 5.74) is 0. The van der Waals surface area contributed by atoms with Crippen LogP contribution in [0.1, 0.15) is 155 Å². The number of amides is 1. The molecule has 0 aliphatic carbocycles. The molecular weight excluding hydrogens is 428 g/mol. The van der Waals surface area contributed by atoms with Gasteiger partial charge >= 0.3 is 0 Å². The molecule has 208 valence electrons. The highest BCUT2D eigenvalue weighted by atomic mass is 16.2. The van der Waals surface area contributed by atoms with E-state index in [9.17, 15) is 4.79 Å². The first-order valence-electron chi connectivity index (χ1n) is 15.6. The van der Waals surface area contributed by atoms with Gasteiger partial charge in [0.2, 0.25) is 5.91 Å². The van der Waals surface area contributed by atoms with Crippen molar-refractivity contribution in [3.63, 3.8) is 0 Å². The van der Waals surface area contributed by atoms with Crippen LogP contribution in [0.15, 0.2) is 12.7 Å². The van der Waals surface area contributed by atoms with E-state index in [1.807, 2.05) is 6.08 Å². The highest BCUT2D eigenvalue weighted by Gasteiger charge is 2.22. The monoisotopic (exact) mass is 493 g/mol. The third-order valence-corrected chi connectivity index (χ3v) is 7.35. The summed E-state index contributed by atoms with van der Waals surface area (Å²) in [6.07, 6.45) is 29.6. The lowest BCUT2D eigenvalue weighted by Gasteiger charge is -2.33. The van der Waals surface area contributed by atoms with Crippen LogP contribution in [0.2, 0.25) is 0 Å². The van der Waals surface area contributed by atoms with Gasteiger partial charge in [-0.15, -0.1) is 6.58 Å². The fourth-order valence-corrected chi connectivity index (χ4v) is 5.08. The predicted molar refractivity (Wildman–Crippen MR) is 157 cm³/mol. The average Bonchev–Trinajstić information content (AvgIpc) is 2.84. The van der Waals surface area contributed by atoms with Gasteiger partial charge in [0.05, 0.1) is 0 Å². The van der Waals surface area contributed by atoms with E-state index in [4.69, 9.17) is 0 Å². The molecule has 0 saturated carbocycles. The molecule has 0 aromatic heterocycles. The molecule has 35 heavy (non-hydrogen) atoms. The third-order valence-electron chi connectivity index (χ3n) is 7.35. The Balaban J connectivity index is 4.83. The van der Waals surface area contributed by atoms with Gasteiger partial charge in [-0.1, -0.05) is 116 Å². The molecule has 0 aromatic carbocycles. The van der Waals surface area contributed by atoms with Gasteiger partial charge in [-0.05, 0) is 59.2 Å². The maximum absolute atomic E-state index is 13.4. The molecule has 3 heteroatoms. The molecule has 0 bridgehead atoms. The van der Waals surface area contributed by atoms with Crippen LogP contribution in [0.5, 0.6) is 0 Å². The minimum Gasteiger partial charge on any atom is -0.340 e. The first-order valence-corrected chi connectivity index (χ1v) is 15.6. The number of hydrogen-bond acceptors (Lipinski definition) is 2. The van der Waals surface area contributed by atoms with Crippen molar-refractivity contribution in [2.24, 2.45) is 0 Å². The van der Waals surface area contributed by atoms with E-state index in [2.05, 4.69) is 44.3 Å². The van der Waals surface area contributed by atoms with Crippen molar-refractivity contribution in [3.05, 3.63) is 12.7 Å². The summed E-state index contributed by atoms with van der Waals surface area (Å²) in [5, 5.41) is 0.